The van der Waals surface area contributed by atoms with Crippen molar-refractivity contribution in [1.82, 2.24) is 9.97 Å². The highest BCUT2D eigenvalue weighted by molar-refractivity contribution is 5.77. The molecule has 0 radical (unpaired) electrons. The number of hydrogen-bond donors (Lipinski definition) is 2. The highest BCUT2D eigenvalue weighted by atomic mass is 16.4. The van der Waals surface area contributed by atoms with Gasteiger partial charge in [0.05, 0.1) is 16.4 Å². The van der Waals surface area contributed by atoms with E-state index < -0.39 is 11.4 Å². The van der Waals surface area contributed by atoms with Crippen molar-refractivity contribution in [3.05, 3.63) is 29.6 Å². The van der Waals surface area contributed by atoms with Crippen LogP contribution in [0.15, 0.2) is 18.2 Å². The summed E-state index contributed by atoms with van der Waals surface area (Å²) in [5.74, 6) is 0.360. The second-order valence-electron chi connectivity index (χ2n) is 7.09. The number of imidazole rings is 1. The summed E-state index contributed by atoms with van der Waals surface area (Å²) in [6, 6.07) is 6.15. The van der Waals surface area contributed by atoms with Crippen LogP contribution in [0.2, 0.25) is 0 Å². The molecule has 1 aliphatic carbocycles. The van der Waals surface area contributed by atoms with E-state index in [4.69, 9.17) is 4.98 Å². The van der Waals surface area contributed by atoms with Gasteiger partial charge in [0.25, 0.3) is 0 Å². The Hall–Kier alpha value is -1.84. The zero-order valence-corrected chi connectivity index (χ0v) is 13.0. The molecule has 1 heterocycles. The minimum Gasteiger partial charge on any atom is -0.481 e. The number of hydrogen-bond acceptors (Lipinski definition) is 2. The molecule has 4 heteroatoms. The van der Waals surface area contributed by atoms with Gasteiger partial charge in [0, 0.05) is 5.92 Å². The summed E-state index contributed by atoms with van der Waals surface area (Å²) in [6.07, 6.45) is 1.55. The van der Waals surface area contributed by atoms with Gasteiger partial charge in [0.15, 0.2) is 0 Å². The average Bonchev–Trinajstić information content (AvgIpc) is 2.89. The van der Waals surface area contributed by atoms with E-state index in [1.165, 1.54) is 5.56 Å². The number of nitrogens with zero attached hydrogens (tertiary/aromatic N) is 1. The Morgan fingerprint density at radius 2 is 2.10 bits per heavy atom. The van der Waals surface area contributed by atoms with Crippen LogP contribution in [0.25, 0.3) is 11.0 Å². The van der Waals surface area contributed by atoms with Crippen LogP contribution in [0.5, 0.6) is 0 Å². The zero-order valence-electron chi connectivity index (χ0n) is 13.0. The standard InChI is InChI=1S/C17H22N2O2/c1-10-5-6-12-13(9-10)19-14(18-12)11-7-8-17(4,15(20)21)16(11,2)3/h5-6,9,11H,7-8H2,1-4H3,(H,18,19)(H,20,21)/t11-,17+/m0/s1. The molecule has 0 bridgehead atoms. The fourth-order valence-electron chi connectivity index (χ4n) is 3.67. The van der Waals surface area contributed by atoms with Crippen molar-refractivity contribution in [3.8, 4) is 0 Å². The van der Waals surface area contributed by atoms with E-state index in [2.05, 4.69) is 31.8 Å². The molecule has 1 saturated carbocycles. The Morgan fingerprint density at radius 1 is 1.38 bits per heavy atom. The Labute approximate surface area is 124 Å². The molecular formula is C17H22N2O2. The Balaban J connectivity index is 2.05. The SMILES string of the molecule is Cc1ccc2nc([C@@H]3CC[C@](C)(C(=O)O)C3(C)C)[nH]c2c1. The summed E-state index contributed by atoms with van der Waals surface area (Å²) in [6.45, 7) is 8.03. The third kappa shape index (κ3) is 1.88. The van der Waals surface area contributed by atoms with Crippen LogP contribution in [0, 0.1) is 17.8 Å². The number of carbonyl (C=O) groups is 1. The first-order valence-electron chi connectivity index (χ1n) is 7.45. The van der Waals surface area contributed by atoms with Gasteiger partial charge in [0.1, 0.15) is 5.82 Å². The quantitative estimate of drug-likeness (QED) is 0.880. The third-order valence-electron chi connectivity index (χ3n) is 5.68. The number of nitrogens with one attached hydrogen (secondary N) is 1. The lowest BCUT2D eigenvalue weighted by molar-refractivity contribution is -0.153. The third-order valence-corrected chi connectivity index (χ3v) is 5.68. The zero-order chi connectivity index (χ0) is 15.4. The molecule has 1 fully saturated rings. The van der Waals surface area contributed by atoms with Crippen molar-refractivity contribution < 1.29 is 9.90 Å². The van der Waals surface area contributed by atoms with Gasteiger partial charge in [-0.1, -0.05) is 19.9 Å². The Kier molecular flexibility index (Phi) is 2.91. The Morgan fingerprint density at radius 3 is 2.71 bits per heavy atom. The first-order valence-corrected chi connectivity index (χ1v) is 7.45. The lowest BCUT2D eigenvalue weighted by Crippen LogP contribution is -2.40. The van der Waals surface area contributed by atoms with E-state index in [9.17, 15) is 9.90 Å². The second-order valence-corrected chi connectivity index (χ2v) is 7.09. The lowest BCUT2D eigenvalue weighted by Gasteiger charge is -2.37. The lowest BCUT2D eigenvalue weighted by atomic mass is 9.65. The molecule has 2 atom stereocenters. The van der Waals surface area contributed by atoms with Crippen molar-refractivity contribution in [2.24, 2.45) is 10.8 Å². The van der Waals surface area contributed by atoms with Crippen molar-refractivity contribution in [3.63, 3.8) is 0 Å². The number of aromatic nitrogens is 2. The minimum atomic E-state index is -0.707. The smallest absolute Gasteiger partial charge is 0.309 e. The number of aliphatic carboxylic acids is 1. The van der Waals surface area contributed by atoms with E-state index >= 15 is 0 Å². The monoisotopic (exact) mass is 286 g/mol. The average molecular weight is 286 g/mol. The molecule has 3 rings (SSSR count). The molecule has 21 heavy (non-hydrogen) atoms. The molecule has 112 valence electrons. The van der Waals surface area contributed by atoms with Crippen LogP contribution in [-0.4, -0.2) is 21.0 Å². The van der Waals surface area contributed by atoms with E-state index in [0.717, 1.165) is 23.3 Å². The van der Waals surface area contributed by atoms with Crippen LogP contribution >= 0.6 is 0 Å². The topological polar surface area (TPSA) is 66.0 Å². The first kappa shape index (κ1) is 14.1. The molecule has 0 aliphatic heterocycles. The van der Waals surface area contributed by atoms with Crippen LogP contribution in [-0.2, 0) is 4.79 Å². The predicted molar refractivity (Wildman–Crippen MR) is 82.3 cm³/mol. The molecule has 0 unspecified atom stereocenters. The number of carboxylic acids is 1. The maximum atomic E-state index is 11.7. The van der Waals surface area contributed by atoms with Crippen LogP contribution < -0.4 is 0 Å². The minimum absolute atomic E-state index is 0.145. The van der Waals surface area contributed by atoms with E-state index in [1.54, 1.807) is 0 Å². The largest absolute Gasteiger partial charge is 0.481 e. The summed E-state index contributed by atoms with van der Waals surface area (Å²) in [7, 11) is 0. The van der Waals surface area contributed by atoms with E-state index in [0.29, 0.717) is 6.42 Å². The van der Waals surface area contributed by atoms with Crippen LogP contribution in [0.3, 0.4) is 0 Å². The summed E-state index contributed by atoms with van der Waals surface area (Å²) in [4.78, 5) is 19.8. The van der Waals surface area contributed by atoms with Crippen molar-refractivity contribution in [2.75, 3.05) is 0 Å². The maximum Gasteiger partial charge on any atom is 0.309 e. The highest BCUT2D eigenvalue weighted by Gasteiger charge is 2.57. The number of H-pyrrole nitrogens is 1. The number of benzene rings is 1. The number of carboxylic acid groups (broad SMARTS) is 1. The molecule has 1 aliphatic rings. The summed E-state index contributed by atoms with van der Waals surface area (Å²) < 4.78 is 0. The summed E-state index contributed by atoms with van der Waals surface area (Å²) >= 11 is 0. The number of aryl methyl sites for hydroxylation is 1. The molecule has 2 N–H and O–H groups in total. The summed E-state index contributed by atoms with van der Waals surface area (Å²) in [5, 5.41) is 9.62. The van der Waals surface area contributed by atoms with Crippen molar-refractivity contribution >= 4 is 17.0 Å². The van der Waals surface area contributed by atoms with Crippen LogP contribution in [0.4, 0.5) is 0 Å². The molecule has 0 spiro atoms. The van der Waals surface area contributed by atoms with Gasteiger partial charge in [-0.2, -0.15) is 0 Å². The van der Waals surface area contributed by atoms with Crippen molar-refractivity contribution in [2.45, 2.75) is 46.5 Å². The van der Waals surface area contributed by atoms with Gasteiger partial charge in [-0.25, -0.2) is 4.98 Å². The number of aromatic amines is 1. The molecule has 2 aromatic rings. The molecule has 1 aromatic heterocycles. The van der Waals surface area contributed by atoms with Gasteiger partial charge in [-0.3, -0.25) is 4.79 Å². The number of rotatable bonds is 2. The first-order chi connectivity index (χ1) is 9.75. The predicted octanol–water partition coefficient (Wildman–Crippen LogP) is 3.87. The van der Waals surface area contributed by atoms with Crippen LogP contribution in [0.1, 0.15) is 50.9 Å². The van der Waals surface area contributed by atoms with Gasteiger partial charge in [-0.05, 0) is 49.8 Å². The van der Waals surface area contributed by atoms with Gasteiger partial charge in [-0.15, -0.1) is 0 Å². The second kappa shape index (κ2) is 4.33. The van der Waals surface area contributed by atoms with Gasteiger partial charge < -0.3 is 10.1 Å². The fourth-order valence-corrected chi connectivity index (χ4v) is 3.67. The maximum absolute atomic E-state index is 11.7. The number of fused-ring (bicyclic) bond motifs is 1. The van der Waals surface area contributed by atoms with Gasteiger partial charge in [0.2, 0.25) is 0 Å². The molecule has 1 aromatic carbocycles. The molecular weight excluding hydrogens is 264 g/mol. The Bertz CT molecular complexity index is 717. The van der Waals surface area contributed by atoms with E-state index in [-0.39, 0.29) is 11.3 Å². The fraction of sp³-hybridized carbons (Fsp3) is 0.529. The van der Waals surface area contributed by atoms with E-state index in [1.807, 2.05) is 19.1 Å². The van der Waals surface area contributed by atoms with Gasteiger partial charge >= 0.3 is 5.97 Å². The molecule has 0 amide bonds. The normalized spacial score (nSPS) is 28.1. The molecule has 4 nitrogen and oxygen atoms in total. The summed E-state index contributed by atoms with van der Waals surface area (Å²) in [5.41, 5.74) is 2.15. The highest BCUT2D eigenvalue weighted by Crippen LogP contribution is 2.59. The van der Waals surface area contributed by atoms with Crippen molar-refractivity contribution in [1.29, 1.82) is 0 Å². The molecule has 0 saturated heterocycles.